The molecule has 1 aliphatic rings. The lowest BCUT2D eigenvalue weighted by molar-refractivity contribution is 0.371. The van der Waals surface area contributed by atoms with Crippen molar-refractivity contribution < 1.29 is 0 Å². The molecule has 1 aliphatic carbocycles. The van der Waals surface area contributed by atoms with Gasteiger partial charge in [-0.3, -0.25) is 0 Å². The highest BCUT2D eigenvalue weighted by molar-refractivity contribution is 4.92. The Morgan fingerprint density at radius 2 is 2.25 bits per heavy atom. The normalized spacial score (nSPS) is 29.8. The molecule has 0 aromatic carbocycles. The van der Waals surface area contributed by atoms with E-state index in [0.717, 1.165) is 30.8 Å². The predicted octanol–water partition coefficient (Wildman–Crippen LogP) is 1.99. The van der Waals surface area contributed by atoms with Crippen molar-refractivity contribution in [3.63, 3.8) is 0 Å². The van der Waals surface area contributed by atoms with E-state index in [9.17, 15) is 0 Å². The van der Waals surface area contributed by atoms with Crippen LogP contribution in [-0.4, -0.2) is 22.1 Å². The van der Waals surface area contributed by atoms with Gasteiger partial charge < -0.3 is 9.88 Å². The zero-order chi connectivity index (χ0) is 11.5. The third-order valence-corrected chi connectivity index (χ3v) is 4.14. The van der Waals surface area contributed by atoms with Crippen LogP contribution in [0.1, 0.15) is 32.5 Å². The summed E-state index contributed by atoms with van der Waals surface area (Å²) >= 11 is 0. The summed E-state index contributed by atoms with van der Waals surface area (Å²) in [5.74, 6) is 2.87. The summed E-state index contributed by atoms with van der Waals surface area (Å²) in [6, 6.07) is 0.718. The third-order valence-electron chi connectivity index (χ3n) is 4.14. The number of nitrogens with one attached hydrogen (secondary N) is 1. The SMILES string of the molecule is CC1CCC(NCCc2nccn2C)C1C. The molecule has 1 heterocycles. The number of aryl methyl sites for hydroxylation is 1. The van der Waals surface area contributed by atoms with E-state index in [2.05, 4.69) is 35.8 Å². The molecule has 0 aliphatic heterocycles. The summed E-state index contributed by atoms with van der Waals surface area (Å²) in [5.41, 5.74) is 0. The summed E-state index contributed by atoms with van der Waals surface area (Å²) in [7, 11) is 2.06. The fourth-order valence-corrected chi connectivity index (χ4v) is 2.66. The Labute approximate surface area is 98.3 Å². The Hall–Kier alpha value is -0.830. The lowest BCUT2D eigenvalue weighted by atomic mass is 9.98. The zero-order valence-corrected chi connectivity index (χ0v) is 10.6. The van der Waals surface area contributed by atoms with Gasteiger partial charge in [0.05, 0.1) is 0 Å². The highest BCUT2D eigenvalue weighted by atomic mass is 15.0. The third kappa shape index (κ3) is 2.46. The molecule has 0 amide bonds. The van der Waals surface area contributed by atoms with Crippen molar-refractivity contribution >= 4 is 0 Å². The van der Waals surface area contributed by atoms with Crippen molar-refractivity contribution in [3.05, 3.63) is 18.2 Å². The molecule has 3 unspecified atom stereocenters. The van der Waals surface area contributed by atoms with Crippen LogP contribution in [0.3, 0.4) is 0 Å². The topological polar surface area (TPSA) is 29.9 Å². The fraction of sp³-hybridized carbons (Fsp3) is 0.769. The van der Waals surface area contributed by atoms with E-state index >= 15 is 0 Å². The molecule has 0 spiro atoms. The van der Waals surface area contributed by atoms with Crippen molar-refractivity contribution in [2.75, 3.05) is 6.54 Å². The van der Waals surface area contributed by atoms with Gasteiger partial charge >= 0.3 is 0 Å². The molecule has 16 heavy (non-hydrogen) atoms. The Kier molecular flexibility index (Phi) is 3.64. The van der Waals surface area contributed by atoms with Gasteiger partial charge in [0.25, 0.3) is 0 Å². The standard InChI is InChI=1S/C13H23N3/c1-10-4-5-12(11(10)2)14-7-6-13-15-8-9-16(13)3/h8-12,14H,4-7H2,1-3H3. The van der Waals surface area contributed by atoms with Crippen LogP contribution in [-0.2, 0) is 13.5 Å². The van der Waals surface area contributed by atoms with Crippen molar-refractivity contribution in [3.8, 4) is 0 Å². The van der Waals surface area contributed by atoms with Crippen LogP contribution in [0, 0.1) is 11.8 Å². The van der Waals surface area contributed by atoms with Gasteiger partial charge in [-0.1, -0.05) is 13.8 Å². The Morgan fingerprint density at radius 3 is 2.81 bits per heavy atom. The first kappa shape index (κ1) is 11.6. The van der Waals surface area contributed by atoms with Gasteiger partial charge in [-0.2, -0.15) is 0 Å². The van der Waals surface area contributed by atoms with Crippen molar-refractivity contribution in [1.82, 2.24) is 14.9 Å². The minimum atomic E-state index is 0.718. The maximum absolute atomic E-state index is 4.34. The lowest BCUT2D eigenvalue weighted by Gasteiger charge is -2.19. The first-order chi connectivity index (χ1) is 7.68. The van der Waals surface area contributed by atoms with E-state index in [-0.39, 0.29) is 0 Å². The molecule has 90 valence electrons. The summed E-state index contributed by atoms with van der Waals surface area (Å²) in [6.45, 7) is 5.79. The van der Waals surface area contributed by atoms with Gasteiger partial charge in [0.1, 0.15) is 5.82 Å². The average molecular weight is 221 g/mol. The molecular formula is C13H23N3. The number of hydrogen-bond acceptors (Lipinski definition) is 2. The minimum Gasteiger partial charge on any atom is -0.338 e. The molecule has 1 aromatic heterocycles. The van der Waals surface area contributed by atoms with Crippen molar-refractivity contribution in [2.45, 2.75) is 39.2 Å². The van der Waals surface area contributed by atoms with Crippen LogP contribution in [0.5, 0.6) is 0 Å². The lowest BCUT2D eigenvalue weighted by Crippen LogP contribution is -2.34. The van der Waals surface area contributed by atoms with Crippen molar-refractivity contribution in [2.24, 2.45) is 18.9 Å². The number of rotatable bonds is 4. The smallest absolute Gasteiger partial charge is 0.109 e. The quantitative estimate of drug-likeness (QED) is 0.842. The Balaban J connectivity index is 1.75. The second-order valence-corrected chi connectivity index (χ2v) is 5.18. The Morgan fingerprint density at radius 1 is 1.44 bits per heavy atom. The van der Waals surface area contributed by atoms with Crippen molar-refractivity contribution in [1.29, 1.82) is 0 Å². The van der Waals surface area contributed by atoms with Gasteiger partial charge in [0.2, 0.25) is 0 Å². The van der Waals surface area contributed by atoms with E-state index in [1.165, 1.54) is 18.7 Å². The summed E-state index contributed by atoms with van der Waals surface area (Å²) in [6.07, 6.45) is 7.62. The largest absolute Gasteiger partial charge is 0.338 e. The van der Waals surface area contributed by atoms with E-state index in [0.29, 0.717) is 0 Å². The van der Waals surface area contributed by atoms with Gasteiger partial charge in [-0.05, 0) is 24.7 Å². The highest BCUT2D eigenvalue weighted by Crippen LogP contribution is 2.30. The van der Waals surface area contributed by atoms with Gasteiger partial charge in [-0.15, -0.1) is 0 Å². The van der Waals surface area contributed by atoms with Crippen LogP contribution in [0.25, 0.3) is 0 Å². The molecule has 1 aromatic rings. The number of imidazole rings is 1. The van der Waals surface area contributed by atoms with E-state index < -0.39 is 0 Å². The second kappa shape index (κ2) is 5.00. The molecule has 1 N–H and O–H groups in total. The molecular weight excluding hydrogens is 198 g/mol. The number of hydrogen-bond donors (Lipinski definition) is 1. The molecule has 2 rings (SSSR count). The molecule has 1 fully saturated rings. The van der Waals surface area contributed by atoms with Gasteiger partial charge in [0.15, 0.2) is 0 Å². The van der Waals surface area contributed by atoms with E-state index in [1.54, 1.807) is 0 Å². The number of nitrogens with zero attached hydrogens (tertiary/aromatic N) is 2. The monoisotopic (exact) mass is 221 g/mol. The summed E-state index contributed by atoms with van der Waals surface area (Å²) < 4.78 is 2.10. The van der Waals surface area contributed by atoms with Crippen LogP contribution >= 0.6 is 0 Å². The second-order valence-electron chi connectivity index (χ2n) is 5.18. The molecule has 3 heteroatoms. The van der Waals surface area contributed by atoms with Gasteiger partial charge in [-0.25, -0.2) is 4.98 Å². The minimum absolute atomic E-state index is 0.718. The molecule has 1 saturated carbocycles. The first-order valence-electron chi connectivity index (χ1n) is 6.38. The Bertz CT molecular complexity index is 332. The van der Waals surface area contributed by atoms with Crippen LogP contribution in [0.4, 0.5) is 0 Å². The maximum atomic E-state index is 4.34. The number of aromatic nitrogens is 2. The summed E-state index contributed by atoms with van der Waals surface area (Å²) in [5, 5.41) is 3.67. The highest BCUT2D eigenvalue weighted by Gasteiger charge is 2.28. The van der Waals surface area contributed by atoms with Crippen LogP contribution in [0.2, 0.25) is 0 Å². The van der Waals surface area contributed by atoms with E-state index in [4.69, 9.17) is 0 Å². The zero-order valence-electron chi connectivity index (χ0n) is 10.6. The molecule has 0 saturated heterocycles. The molecule has 3 atom stereocenters. The van der Waals surface area contributed by atoms with Crippen LogP contribution < -0.4 is 5.32 Å². The molecule has 3 nitrogen and oxygen atoms in total. The van der Waals surface area contributed by atoms with E-state index in [1.807, 2.05) is 12.4 Å². The molecule has 0 bridgehead atoms. The average Bonchev–Trinajstić information content (AvgIpc) is 2.80. The van der Waals surface area contributed by atoms with Gasteiger partial charge in [0, 0.05) is 38.4 Å². The van der Waals surface area contributed by atoms with Crippen LogP contribution in [0.15, 0.2) is 12.4 Å². The first-order valence-corrected chi connectivity index (χ1v) is 6.38. The predicted molar refractivity (Wildman–Crippen MR) is 66.3 cm³/mol. The summed E-state index contributed by atoms with van der Waals surface area (Å²) in [4.78, 5) is 4.34. The molecule has 0 radical (unpaired) electrons. The fourth-order valence-electron chi connectivity index (χ4n) is 2.66. The maximum Gasteiger partial charge on any atom is 0.109 e.